The Labute approximate surface area is 163 Å². The molecule has 142 valence electrons. The minimum Gasteiger partial charge on any atom is -0.298 e. The molecule has 0 spiro atoms. The van der Waals surface area contributed by atoms with Crippen LogP contribution < -0.4 is 16.6 Å². The highest BCUT2D eigenvalue weighted by Gasteiger charge is 2.15. The maximum absolute atomic E-state index is 12.7. The smallest absolute Gasteiger partial charge is 0.298 e. The van der Waals surface area contributed by atoms with Crippen molar-refractivity contribution < 1.29 is 4.79 Å². The number of thiazole rings is 1. The molecule has 0 aliphatic rings. The molecule has 0 radical (unpaired) electrons. The van der Waals surface area contributed by atoms with Crippen LogP contribution in [0.4, 0.5) is 5.13 Å². The van der Waals surface area contributed by atoms with Crippen molar-refractivity contribution in [1.29, 1.82) is 0 Å². The Kier molecular flexibility index (Phi) is 4.11. The highest BCUT2D eigenvalue weighted by Crippen LogP contribution is 2.29. The van der Waals surface area contributed by atoms with Crippen LogP contribution in [0.15, 0.2) is 34.0 Å². The number of carbonyl (C=O) groups is 1. The molecule has 3 aromatic heterocycles. The molecule has 0 aliphatic carbocycles. The first kappa shape index (κ1) is 18.1. The quantitative estimate of drug-likeness (QED) is 0.560. The van der Waals surface area contributed by atoms with Crippen molar-refractivity contribution in [1.82, 2.24) is 19.1 Å². The summed E-state index contributed by atoms with van der Waals surface area (Å²) in [5.41, 5.74) is 2.52. The van der Waals surface area contributed by atoms with Gasteiger partial charge in [0, 0.05) is 20.3 Å². The van der Waals surface area contributed by atoms with Crippen LogP contribution in [0.3, 0.4) is 0 Å². The average Bonchev–Trinajstić information content (AvgIpc) is 3.06. The molecule has 0 atom stereocenters. The Bertz CT molecular complexity index is 1400. The lowest BCUT2D eigenvalue weighted by Crippen LogP contribution is -2.37. The molecule has 9 heteroatoms. The van der Waals surface area contributed by atoms with Crippen LogP contribution in [0.2, 0.25) is 0 Å². The second-order valence-electron chi connectivity index (χ2n) is 6.70. The molecule has 0 unspecified atom stereocenters. The fourth-order valence-electron chi connectivity index (χ4n) is 3.18. The van der Waals surface area contributed by atoms with Crippen molar-refractivity contribution in [3.8, 4) is 0 Å². The van der Waals surface area contributed by atoms with Crippen LogP contribution in [-0.4, -0.2) is 25.0 Å². The van der Waals surface area contributed by atoms with Crippen LogP contribution >= 0.6 is 11.3 Å². The van der Waals surface area contributed by atoms with E-state index in [1.165, 1.54) is 42.3 Å². The van der Waals surface area contributed by atoms with E-state index >= 15 is 0 Å². The number of benzene rings is 1. The SMILES string of the molecule is Cc1cc(C)c2nc(NC(=O)c3cnc4c(c3)c(=O)n(C)c(=O)n4C)sc2c1. The molecule has 0 bridgehead atoms. The van der Waals surface area contributed by atoms with E-state index in [-0.39, 0.29) is 16.6 Å². The van der Waals surface area contributed by atoms with Gasteiger partial charge in [-0.15, -0.1) is 0 Å². The van der Waals surface area contributed by atoms with Gasteiger partial charge in [0.05, 0.1) is 21.2 Å². The van der Waals surface area contributed by atoms with Gasteiger partial charge in [0.25, 0.3) is 11.5 Å². The van der Waals surface area contributed by atoms with Gasteiger partial charge in [-0.3, -0.25) is 24.0 Å². The number of aromatic nitrogens is 4. The zero-order chi connectivity index (χ0) is 20.2. The third-order valence-corrected chi connectivity index (χ3v) is 5.52. The average molecular weight is 395 g/mol. The minimum absolute atomic E-state index is 0.202. The summed E-state index contributed by atoms with van der Waals surface area (Å²) in [6.45, 7) is 3.99. The minimum atomic E-state index is -0.494. The maximum atomic E-state index is 12.7. The predicted octanol–water partition coefficient (Wildman–Crippen LogP) is 2.11. The second-order valence-corrected chi connectivity index (χ2v) is 7.73. The molecule has 0 fully saturated rings. The van der Waals surface area contributed by atoms with Crippen molar-refractivity contribution in [2.45, 2.75) is 13.8 Å². The lowest BCUT2D eigenvalue weighted by Gasteiger charge is -2.07. The Morgan fingerprint density at radius 1 is 1.11 bits per heavy atom. The first-order chi connectivity index (χ1) is 13.3. The number of anilines is 1. The fourth-order valence-corrected chi connectivity index (χ4v) is 4.22. The summed E-state index contributed by atoms with van der Waals surface area (Å²) >= 11 is 1.39. The summed E-state index contributed by atoms with van der Waals surface area (Å²) in [6, 6.07) is 5.51. The molecule has 1 N–H and O–H groups in total. The highest BCUT2D eigenvalue weighted by atomic mass is 32.1. The van der Waals surface area contributed by atoms with Crippen molar-refractivity contribution >= 4 is 43.6 Å². The van der Waals surface area contributed by atoms with Crippen LogP contribution in [0.25, 0.3) is 21.3 Å². The normalized spacial score (nSPS) is 11.3. The van der Waals surface area contributed by atoms with Gasteiger partial charge in [-0.25, -0.2) is 14.8 Å². The van der Waals surface area contributed by atoms with Crippen LogP contribution in [0, 0.1) is 13.8 Å². The third-order valence-electron chi connectivity index (χ3n) is 4.61. The Morgan fingerprint density at radius 2 is 1.86 bits per heavy atom. The lowest BCUT2D eigenvalue weighted by molar-refractivity contribution is 0.102. The zero-order valence-corrected chi connectivity index (χ0v) is 16.5. The van der Waals surface area contributed by atoms with Crippen LogP contribution in [0.5, 0.6) is 0 Å². The van der Waals surface area contributed by atoms with E-state index in [4.69, 9.17) is 0 Å². The van der Waals surface area contributed by atoms with Gasteiger partial charge in [0.1, 0.15) is 5.65 Å². The number of aryl methyl sites for hydroxylation is 3. The van der Waals surface area contributed by atoms with Gasteiger partial charge >= 0.3 is 5.69 Å². The molecule has 1 aromatic carbocycles. The van der Waals surface area contributed by atoms with E-state index in [0.29, 0.717) is 5.13 Å². The number of amides is 1. The van der Waals surface area contributed by atoms with Crippen molar-refractivity contribution in [2.24, 2.45) is 14.1 Å². The van der Waals surface area contributed by atoms with Gasteiger partial charge < -0.3 is 0 Å². The molecule has 0 saturated heterocycles. The van der Waals surface area contributed by atoms with Crippen LogP contribution in [0.1, 0.15) is 21.5 Å². The lowest BCUT2D eigenvalue weighted by atomic mass is 10.1. The number of nitrogens with zero attached hydrogens (tertiary/aromatic N) is 4. The first-order valence-electron chi connectivity index (χ1n) is 8.51. The monoisotopic (exact) mass is 395 g/mol. The number of carbonyl (C=O) groups excluding carboxylic acids is 1. The summed E-state index contributed by atoms with van der Waals surface area (Å²) in [5.74, 6) is -0.418. The van der Waals surface area contributed by atoms with Gasteiger partial charge in [-0.2, -0.15) is 0 Å². The van der Waals surface area contributed by atoms with Crippen molar-refractivity contribution in [3.63, 3.8) is 0 Å². The molecular formula is C19H17N5O3S. The number of fused-ring (bicyclic) bond motifs is 2. The molecule has 1 amide bonds. The summed E-state index contributed by atoms with van der Waals surface area (Å²) in [6.07, 6.45) is 1.35. The molecule has 4 rings (SSSR count). The number of rotatable bonds is 2. The maximum Gasteiger partial charge on any atom is 0.332 e. The summed E-state index contributed by atoms with van der Waals surface area (Å²) in [4.78, 5) is 45.7. The Balaban J connectivity index is 1.74. The zero-order valence-electron chi connectivity index (χ0n) is 15.7. The molecule has 4 aromatic rings. The second kappa shape index (κ2) is 6.38. The topological polar surface area (TPSA) is 98.9 Å². The largest absolute Gasteiger partial charge is 0.332 e. The van der Waals surface area contributed by atoms with Gasteiger partial charge in [0.2, 0.25) is 0 Å². The van der Waals surface area contributed by atoms with Crippen molar-refractivity contribution in [3.05, 3.63) is 61.9 Å². The highest BCUT2D eigenvalue weighted by molar-refractivity contribution is 7.22. The fraction of sp³-hybridized carbons (Fsp3) is 0.211. The number of nitrogens with one attached hydrogen (secondary N) is 1. The number of pyridine rings is 1. The van der Waals surface area contributed by atoms with E-state index in [1.807, 2.05) is 26.0 Å². The van der Waals surface area contributed by atoms with Crippen LogP contribution in [-0.2, 0) is 14.1 Å². The molecule has 0 saturated carbocycles. The summed E-state index contributed by atoms with van der Waals surface area (Å²) in [7, 11) is 2.92. The molecule has 3 heterocycles. The van der Waals surface area contributed by atoms with Gasteiger partial charge in [0.15, 0.2) is 5.13 Å². The van der Waals surface area contributed by atoms with E-state index in [9.17, 15) is 14.4 Å². The van der Waals surface area contributed by atoms with E-state index < -0.39 is 17.2 Å². The van der Waals surface area contributed by atoms with Gasteiger partial charge in [-0.05, 0) is 37.1 Å². The van der Waals surface area contributed by atoms with E-state index in [2.05, 4.69) is 15.3 Å². The standard InChI is InChI=1S/C19H17N5O3S/c1-9-5-10(2)14-13(6-9)28-18(21-14)22-16(25)11-7-12-15(20-8-11)23(3)19(27)24(4)17(12)26/h5-8H,1-4H3,(H,21,22,25). The number of hydrogen-bond acceptors (Lipinski definition) is 6. The Hall–Kier alpha value is -3.33. The Morgan fingerprint density at radius 3 is 2.61 bits per heavy atom. The summed E-state index contributed by atoms with van der Waals surface area (Å²) in [5, 5.41) is 3.45. The number of hydrogen-bond donors (Lipinski definition) is 1. The molecule has 28 heavy (non-hydrogen) atoms. The predicted molar refractivity (Wildman–Crippen MR) is 109 cm³/mol. The first-order valence-corrected chi connectivity index (χ1v) is 9.33. The van der Waals surface area contributed by atoms with Gasteiger partial charge in [-0.1, -0.05) is 17.4 Å². The molecular weight excluding hydrogens is 378 g/mol. The van der Waals surface area contributed by atoms with E-state index in [0.717, 1.165) is 25.9 Å². The van der Waals surface area contributed by atoms with Crippen molar-refractivity contribution in [2.75, 3.05) is 5.32 Å². The molecule has 0 aliphatic heterocycles. The molecule has 8 nitrogen and oxygen atoms in total. The summed E-state index contributed by atoms with van der Waals surface area (Å²) < 4.78 is 3.26. The van der Waals surface area contributed by atoms with E-state index in [1.54, 1.807) is 0 Å². The third kappa shape index (κ3) is 2.80.